The van der Waals surface area contributed by atoms with Gasteiger partial charge in [-0.25, -0.2) is 4.98 Å². The van der Waals surface area contributed by atoms with Crippen LogP contribution in [0.1, 0.15) is 169 Å². The molecule has 80 heavy (non-hydrogen) atoms. The summed E-state index contributed by atoms with van der Waals surface area (Å²) in [6.07, 6.45) is 5.82. The Labute approximate surface area is 493 Å². The van der Waals surface area contributed by atoms with Crippen LogP contribution in [0.25, 0.3) is 49.9 Å². The van der Waals surface area contributed by atoms with Crippen LogP contribution >= 0.6 is 0 Å². The molecule has 0 fully saturated rings. The predicted octanol–water partition coefficient (Wildman–Crippen LogP) is 20.1. The number of ether oxygens (including phenoxy) is 1. The van der Waals surface area contributed by atoms with E-state index in [-0.39, 0.29) is 53.6 Å². The molecule has 0 bridgehead atoms. The summed E-state index contributed by atoms with van der Waals surface area (Å²) in [6, 6.07) is 47.5. The van der Waals surface area contributed by atoms with Gasteiger partial charge in [-0.2, -0.15) is 12.1 Å². The number of fused-ring (bicyclic) bond motifs is 4. The van der Waals surface area contributed by atoms with Crippen LogP contribution in [0.5, 0.6) is 11.5 Å². The van der Waals surface area contributed by atoms with Gasteiger partial charge >= 0.3 is 0 Å². The molecule has 0 aliphatic carbocycles. The summed E-state index contributed by atoms with van der Waals surface area (Å²) < 4.78 is 9.03. The van der Waals surface area contributed by atoms with Crippen molar-refractivity contribution in [1.82, 2.24) is 14.5 Å². The first-order valence-corrected chi connectivity index (χ1v) is 28.3. The largest absolute Gasteiger partial charge is 0.509 e. The Morgan fingerprint density at radius 3 is 1.59 bits per heavy atom. The topological polar surface area (TPSA) is 46.4 Å². The average Bonchev–Trinajstić information content (AvgIpc) is 4.08. The second kappa shape index (κ2) is 20.5. The van der Waals surface area contributed by atoms with Gasteiger partial charge in [-0.1, -0.05) is 173 Å². The van der Waals surface area contributed by atoms with Gasteiger partial charge in [-0.05, 0) is 144 Å². The van der Waals surface area contributed by atoms with Gasteiger partial charge in [0.2, 0.25) is 0 Å². The van der Waals surface area contributed by atoms with Crippen LogP contribution in [0.2, 0.25) is 0 Å². The van der Waals surface area contributed by atoms with E-state index in [4.69, 9.17) is 14.7 Å². The normalized spacial score (nSPS) is 13.6. The van der Waals surface area contributed by atoms with Crippen molar-refractivity contribution in [3.05, 3.63) is 191 Å². The molecule has 1 aliphatic rings. The summed E-state index contributed by atoms with van der Waals surface area (Å²) in [5, 5.41) is 2.22. The summed E-state index contributed by atoms with van der Waals surface area (Å²) in [6.45, 7) is 48.8. The van der Waals surface area contributed by atoms with Crippen molar-refractivity contribution in [3.8, 4) is 39.6 Å². The number of hydrogen-bond donors (Lipinski definition) is 0. The first kappa shape index (κ1) is 58.2. The van der Waals surface area contributed by atoms with Crippen LogP contribution < -0.4 is 14.5 Å². The molecule has 0 N–H and O–H groups in total. The molecule has 4 heterocycles. The maximum Gasteiger partial charge on any atom is 0.135 e. The van der Waals surface area contributed by atoms with Gasteiger partial charge in [0.25, 0.3) is 0 Å². The summed E-state index contributed by atoms with van der Waals surface area (Å²) >= 11 is 0. The van der Waals surface area contributed by atoms with Crippen LogP contribution in [0, 0.1) is 32.6 Å². The smallest absolute Gasteiger partial charge is 0.135 e. The number of aryl methyl sites for hydroxylation is 2. The average molecular weight is 1240 g/mol. The molecular formula is C73H82N5OPt-3. The minimum atomic E-state index is -0.181. The third-order valence-electron chi connectivity index (χ3n) is 15.9. The summed E-state index contributed by atoms with van der Waals surface area (Å²) in [5.41, 5.74) is 20.5. The van der Waals surface area contributed by atoms with E-state index in [9.17, 15) is 0 Å². The predicted molar refractivity (Wildman–Crippen MR) is 335 cm³/mol. The molecule has 7 heteroatoms. The molecule has 10 rings (SSSR count). The van der Waals surface area contributed by atoms with Gasteiger partial charge in [-0.15, -0.1) is 48.1 Å². The second-order valence-electron chi connectivity index (χ2n) is 28.4. The van der Waals surface area contributed by atoms with Gasteiger partial charge in [0.15, 0.2) is 0 Å². The number of nitrogens with zero attached hydrogens (tertiary/aromatic N) is 5. The quantitative estimate of drug-likeness (QED) is 0.149. The van der Waals surface area contributed by atoms with Crippen molar-refractivity contribution in [2.45, 2.75) is 171 Å². The van der Waals surface area contributed by atoms with Gasteiger partial charge in [-0.3, -0.25) is 4.98 Å². The van der Waals surface area contributed by atoms with Crippen molar-refractivity contribution < 1.29 is 25.8 Å². The number of anilines is 4. The first-order valence-electron chi connectivity index (χ1n) is 28.3. The van der Waals surface area contributed by atoms with E-state index < -0.39 is 0 Å². The number of hydrogen-bond acceptors (Lipinski definition) is 5. The van der Waals surface area contributed by atoms with Crippen molar-refractivity contribution in [2.24, 2.45) is 0 Å². The van der Waals surface area contributed by atoms with E-state index >= 15 is 0 Å². The molecule has 418 valence electrons. The monoisotopic (exact) mass is 1240 g/mol. The first-order chi connectivity index (χ1) is 36.8. The van der Waals surface area contributed by atoms with Crippen molar-refractivity contribution in [2.75, 3.05) is 9.80 Å². The van der Waals surface area contributed by atoms with Gasteiger partial charge in [0, 0.05) is 73.0 Å². The molecule has 0 amide bonds. The molecule has 0 spiro atoms. The minimum absolute atomic E-state index is 0. The molecule has 1 aliphatic heterocycles. The molecule has 0 radical (unpaired) electrons. The van der Waals surface area contributed by atoms with Gasteiger partial charge < -0.3 is 19.1 Å². The SMILES string of the molecule is Cc1cc(C(C)(C)C)cc(C(C)(C)C)c1-c1cc(C(C)(C)C)cc(-c2c(C)cc(C(C)(C)C)cc2C(C)(C)C)c1N1[CH-]N(c2[c-]c(Oc3[c-]c4c(cc3)c3ccccc3n4-c3cc(C(C)(C)C)ccn3)ccc2)c2ccncc21.[Pt]. The van der Waals surface area contributed by atoms with E-state index in [1.807, 2.05) is 30.7 Å². The van der Waals surface area contributed by atoms with E-state index in [1.165, 1.54) is 66.8 Å². The Balaban J connectivity index is 0.00000774. The molecule has 9 aromatic rings. The summed E-state index contributed by atoms with van der Waals surface area (Å²) in [4.78, 5) is 14.4. The number of pyridine rings is 2. The molecule has 0 unspecified atom stereocenters. The van der Waals surface area contributed by atoms with Crippen LogP contribution in [0.15, 0.2) is 128 Å². The van der Waals surface area contributed by atoms with Gasteiger partial charge in [0.1, 0.15) is 5.82 Å². The zero-order chi connectivity index (χ0) is 57.1. The Kier molecular flexibility index (Phi) is 14.9. The van der Waals surface area contributed by atoms with E-state index in [1.54, 1.807) is 0 Å². The maximum atomic E-state index is 6.82. The zero-order valence-electron chi connectivity index (χ0n) is 51.2. The fourth-order valence-electron chi connectivity index (χ4n) is 11.4. The van der Waals surface area contributed by atoms with Gasteiger partial charge in [0.05, 0.1) is 11.9 Å². The Bertz CT molecular complexity index is 3730. The molecule has 6 aromatic carbocycles. The third-order valence-corrected chi connectivity index (χ3v) is 15.9. The Hall–Kier alpha value is -6.49. The number of aromatic nitrogens is 3. The molecule has 0 atom stereocenters. The minimum Gasteiger partial charge on any atom is -0.509 e. The molecule has 0 saturated heterocycles. The van der Waals surface area contributed by atoms with Crippen molar-refractivity contribution in [1.29, 1.82) is 0 Å². The van der Waals surface area contributed by atoms with E-state index in [0.717, 1.165) is 50.4 Å². The molecule has 3 aromatic heterocycles. The van der Waals surface area contributed by atoms with E-state index in [0.29, 0.717) is 11.5 Å². The number of rotatable bonds is 7. The van der Waals surface area contributed by atoms with Crippen LogP contribution in [-0.4, -0.2) is 14.5 Å². The summed E-state index contributed by atoms with van der Waals surface area (Å²) in [5.74, 6) is 2.02. The molecule has 6 nitrogen and oxygen atoms in total. The Morgan fingerprint density at radius 2 is 1.02 bits per heavy atom. The number of benzene rings is 6. The van der Waals surface area contributed by atoms with Crippen LogP contribution in [-0.2, 0) is 53.6 Å². The zero-order valence-corrected chi connectivity index (χ0v) is 53.4. The van der Waals surface area contributed by atoms with Crippen LogP contribution in [0.3, 0.4) is 0 Å². The maximum absolute atomic E-state index is 6.82. The number of para-hydroxylation sites is 1. The standard InChI is InChI=1S/C73H82N5O.Pt/c1-45-34-48(69(6,7)8)38-58(72(15,16)17)65(45)56-36-50(71(12,13)14)37-57(66-46(2)35-49(70(9,10)11)39-59(66)73(18,19)20)67(56)77-44-76(61-31-32-74-43-63(61)77)51-24-23-25-52(41-51)79-53-28-29-55-54-26-21-22-27-60(54)78(62(55)42-53)64-40-47(30-33-75-64)68(3,4)5;/h21-40,43-44H,1-20H3;/q-3;. The second-order valence-corrected chi connectivity index (χ2v) is 28.4. The fourth-order valence-corrected chi connectivity index (χ4v) is 11.4. The molecular weight excluding hydrogens is 1160 g/mol. The third kappa shape index (κ3) is 10.9. The van der Waals surface area contributed by atoms with Crippen molar-refractivity contribution >= 4 is 44.6 Å². The van der Waals surface area contributed by atoms with Crippen LogP contribution in [0.4, 0.5) is 22.7 Å². The Morgan fingerprint density at radius 1 is 0.475 bits per heavy atom. The van der Waals surface area contributed by atoms with E-state index in [2.05, 4.69) is 269 Å². The summed E-state index contributed by atoms with van der Waals surface area (Å²) in [7, 11) is 0. The molecule has 0 saturated carbocycles. The fraction of sp³-hybridized carbons (Fsp3) is 0.356. The van der Waals surface area contributed by atoms with Crippen molar-refractivity contribution in [3.63, 3.8) is 0 Å².